The van der Waals surface area contributed by atoms with Crippen LogP contribution in [0.15, 0.2) is 91.3 Å². The summed E-state index contributed by atoms with van der Waals surface area (Å²) in [5, 5.41) is 16.0. The van der Waals surface area contributed by atoms with Gasteiger partial charge < -0.3 is 10.1 Å². The molecule has 2 aromatic carbocycles. The van der Waals surface area contributed by atoms with Gasteiger partial charge in [0.2, 0.25) is 5.91 Å². The molecule has 0 spiro atoms. The molecule has 0 saturated heterocycles. The van der Waals surface area contributed by atoms with Crippen molar-refractivity contribution in [2.24, 2.45) is 0 Å². The van der Waals surface area contributed by atoms with Gasteiger partial charge in [-0.15, -0.1) is 10.2 Å². The Morgan fingerprint density at radius 1 is 0.882 bits per heavy atom. The summed E-state index contributed by atoms with van der Waals surface area (Å²) in [6, 6.07) is 22.5. The molecule has 0 aliphatic carbocycles. The molecule has 0 atom stereocenters. The molecule has 3 aromatic heterocycles. The number of pyridine rings is 1. The number of anilines is 1. The Morgan fingerprint density at radius 3 is 2.38 bits per heavy atom. The molecule has 0 aliphatic heterocycles. The molecular weight excluding hydrogens is 428 g/mol. The van der Waals surface area contributed by atoms with Crippen molar-refractivity contribution in [3.05, 3.63) is 96.8 Å². The van der Waals surface area contributed by atoms with Gasteiger partial charge in [0.1, 0.15) is 5.75 Å². The van der Waals surface area contributed by atoms with Crippen LogP contribution in [0.5, 0.6) is 5.75 Å². The maximum atomic E-state index is 12.3. The molecule has 5 rings (SSSR count). The number of nitrogens with one attached hydrogen (secondary N) is 1. The molecule has 1 amide bonds. The number of amides is 1. The van der Waals surface area contributed by atoms with Crippen LogP contribution >= 0.6 is 0 Å². The van der Waals surface area contributed by atoms with E-state index in [1.165, 1.54) is 6.08 Å². The number of aromatic nitrogens is 5. The number of fused-ring (bicyclic) bond motifs is 1. The van der Waals surface area contributed by atoms with Crippen LogP contribution in [0.3, 0.4) is 0 Å². The van der Waals surface area contributed by atoms with Gasteiger partial charge in [-0.1, -0.05) is 24.3 Å². The number of benzene rings is 2. The van der Waals surface area contributed by atoms with Gasteiger partial charge in [-0.3, -0.25) is 9.78 Å². The van der Waals surface area contributed by atoms with E-state index in [0.717, 1.165) is 28.1 Å². The summed E-state index contributed by atoms with van der Waals surface area (Å²) in [5.41, 5.74) is 4.81. The zero-order valence-electron chi connectivity index (χ0n) is 18.3. The molecule has 1 N–H and O–H groups in total. The minimum Gasteiger partial charge on any atom is -0.497 e. The van der Waals surface area contributed by atoms with Crippen LogP contribution in [0.25, 0.3) is 34.4 Å². The highest BCUT2D eigenvalue weighted by atomic mass is 16.5. The van der Waals surface area contributed by atoms with Crippen LogP contribution in [0.2, 0.25) is 0 Å². The third-order valence-electron chi connectivity index (χ3n) is 5.19. The van der Waals surface area contributed by atoms with E-state index >= 15 is 0 Å². The number of methoxy groups -OCH3 is 1. The molecular formula is C26H20N6O2. The van der Waals surface area contributed by atoms with Gasteiger partial charge in [0, 0.05) is 35.3 Å². The molecule has 34 heavy (non-hydrogen) atoms. The predicted octanol–water partition coefficient (Wildman–Crippen LogP) is 4.51. The van der Waals surface area contributed by atoms with Crippen LogP contribution in [-0.2, 0) is 4.79 Å². The molecule has 0 fully saturated rings. The third kappa shape index (κ3) is 4.51. The van der Waals surface area contributed by atoms with Gasteiger partial charge >= 0.3 is 0 Å². The van der Waals surface area contributed by atoms with Crippen molar-refractivity contribution in [2.75, 3.05) is 12.4 Å². The summed E-state index contributed by atoms with van der Waals surface area (Å²) in [5.74, 6) is 1.20. The first-order valence-electron chi connectivity index (χ1n) is 10.6. The van der Waals surface area contributed by atoms with Crippen LogP contribution < -0.4 is 10.1 Å². The lowest BCUT2D eigenvalue weighted by molar-refractivity contribution is -0.111. The molecule has 8 nitrogen and oxygen atoms in total. The Bertz CT molecular complexity index is 1460. The van der Waals surface area contributed by atoms with Gasteiger partial charge in [-0.05, 0) is 60.2 Å². The Balaban J connectivity index is 1.31. The number of carbonyl (C=O) groups excluding carboxylic acids is 1. The second-order valence-corrected chi connectivity index (χ2v) is 7.42. The fraction of sp³-hybridized carbons (Fsp3) is 0.0385. The molecule has 0 bridgehead atoms. The van der Waals surface area contributed by atoms with E-state index in [-0.39, 0.29) is 5.91 Å². The van der Waals surface area contributed by atoms with Gasteiger partial charge in [0.25, 0.3) is 0 Å². The lowest BCUT2D eigenvalue weighted by Crippen LogP contribution is -2.07. The average molecular weight is 448 g/mol. The quantitative estimate of drug-likeness (QED) is 0.384. The van der Waals surface area contributed by atoms with Gasteiger partial charge in [-0.2, -0.15) is 9.61 Å². The van der Waals surface area contributed by atoms with Crippen molar-refractivity contribution in [3.8, 4) is 28.4 Å². The fourth-order valence-corrected chi connectivity index (χ4v) is 3.42. The number of rotatable bonds is 6. The van der Waals surface area contributed by atoms with Crippen molar-refractivity contribution < 1.29 is 9.53 Å². The van der Waals surface area contributed by atoms with E-state index in [1.807, 2.05) is 72.8 Å². The van der Waals surface area contributed by atoms with E-state index in [4.69, 9.17) is 9.84 Å². The Kier molecular flexibility index (Phi) is 5.77. The smallest absolute Gasteiger partial charge is 0.248 e. The Hall–Kier alpha value is -4.85. The first kappa shape index (κ1) is 21.0. The normalized spacial score (nSPS) is 11.1. The summed E-state index contributed by atoms with van der Waals surface area (Å²) in [7, 11) is 1.62. The fourth-order valence-electron chi connectivity index (χ4n) is 3.42. The lowest BCUT2D eigenvalue weighted by Gasteiger charge is -2.06. The SMILES string of the molecule is COc1ccc(/C=C/C(=O)Nc2ccc(-c3ccc4nnc(-c5ccncc5)n4n3)cc2)cc1. The van der Waals surface area contributed by atoms with Crippen LogP contribution in [0.4, 0.5) is 5.69 Å². The first-order chi connectivity index (χ1) is 16.7. The number of hydrogen-bond donors (Lipinski definition) is 1. The standard InChI is InChI=1S/C26H20N6O2/c1-34-22-9-2-18(3-10-22)4-13-25(33)28-21-7-5-19(6-8-21)23-11-12-24-29-30-26(32(24)31-23)20-14-16-27-17-15-20/h2-17H,1H3,(H,28,33)/b13-4+. The summed E-state index contributed by atoms with van der Waals surface area (Å²) >= 11 is 0. The number of hydrogen-bond acceptors (Lipinski definition) is 6. The van der Waals surface area contributed by atoms with E-state index in [1.54, 1.807) is 30.1 Å². The number of carbonyl (C=O) groups is 1. The van der Waals surface area contributed by atoms with Crippen molar-refractivity contribution in [1.82, 2.24) is 24.8 Å². The minimum atomic E-state index is -0.213. The maximum Gasteiger partial charge on any atom is 0.248 e. The average Bonchev–Trinajstić information content (AvgIpc) is 3.32. The second kappa shape index (κ2) is 9.33. The van der Waals surface area contributed by atoms with Crippen molar-refractivity contribution in [2.45, 2.75) is 0 Å². The van der Waals surface area contributed by atoms with Crippen molar-refractivity contribution >= 4 is 23.3 Å². The molecule has 0 saturated carbocycles. The molecule has 166 valence electrons. The van der Waals surface area contributed by atoms with Gasteiger partial charge in [-0.25, -0.2) is 0 Å². The lowest BCUT2D eigenvalue weighted by atomic mass is 10.1. The highest BCUT2D eigenvalue weighted by molar-refractivity contribution is 6.02. The predicted molar refractivity (Wildman–Crippen MR) is 130 cm³/mol. The van der Waals surface area contributed by atoms with Crippen molar-refractivity contribution in [3.63, 3.8) is 0 Å². The van der Waals surface area contributed by atoms with E-state index in [2.05, 4.69) is 20.5 Å². The highest BCUT2D eigenvalue weighted by Gasteiger charge is 2.11. The maximum absolute atomic E-state index is 12.3. The molecule has 8 heteroatoms. The molecule has 0 aliphatic rings. The number of nitrogens with zero attached hydrogens (tertiary/aromatic N) is 5. The largest absolute Gasteiger partial charge is 0.497 e. The Labute approximate surface area is 195 Å². The monoisotopic (exact) mass is 448 g/mol. The molecule has 0 radical (unpaired) electrons. The minimum absolute atomic E-state index is 0.213. The molecule has 0 unspecified atom stereocenters. The summed E-state index contributed by atoms with van der Waals surface area (Å²) in [6.45, 7) is 0. The van der Waals surface area contributed by atoms with E-state index in [0.29, 0.717) is 17.2 Å². The van der Waals surface area contributed by atoms with Crippen LogP contribution in [0.1, 0.15) is 5.56 Å². The Morgan fingerprint density at radius 2 is 1.65 bits per heavy atom. The van der Waals surface area contributed by atoms with Gasteiger partial charge in [0.05, 0.1) is 12.8 Å². The van der Waals surface area contributed by atoms with E-state index in [9.17, 15) is 4.79 Å². The zero-order chi connectivity index (χ0) is 23.3. The molecule has 3 heterocycles. The first-order valence-corrected chi connectivity index (χ1v) is 10.6. The van der Waals surface area contributed by atoms with E-state index < -0.39 is 0 Å². The third-order valence-corrected chi connectivity index (χ3v) is 5.19. The molecule has 5 aromatic rings. The van der Waals surface area contributed by atoms with Gasteiger partial charge in [0.15, 0.2) is 11.5 Å². The summed E-state index contributed by atoms with van der Waals surface area (Å²) < 4.78 is 6.85. The topological polar surface area (TPSA) is 94.3 Å². The second-order valence-electron chi connectivity index (χ2n) is 7.42. The zero-order valence-corrected chi connectivity index (χ0v) is 18.3. The number of ether oxygens (including phenoxy) is 1. The summed E-state index contributed by atoms with van der Waals surface area (Å²) in [4.78, 5) is 16.3. The van der Waals surface area contributed by atoms with Crippen molar-refractivity contribution in [1.29, 1.82) is 0 Å². The summed E-state index contributed by atoms with van der Waals surface area (Å²) in [6.07, 6.45) is 6.67. The van der Waals surface area contributed by atoms with Crippen LogP contribution in [-0.4, -0.2) is 37.8 Å². The highest BCUT2D eigenvalue weighted by Crippen LogP contribution is 2.22. The van der Waals surface area contributed by atoms with Crippen LogP contribution in [0, 0.1) is 0 Å².